The third kappa shape index (κ3) is 1.86. The van der Waals surface area contributed by atoms with E-state index in [0.29, 0.717) is 11.7 Å². The average molecular weight is 241 g/mol. The number of hydrogen-bond donors (Lipinski definition) is 1. The van der Waals surface area contributed by atoms with Crippen LogP contribution >= 0.6 is 0 Å². The van der Waals surface area contributed by atoms with Crippen LogP contribution in [0.1, 0.15) is 0 Å². The molecule has 0 aliphatic carbocycles. The summed E-state index contributed by atoms with van der Waals surface area (Å²) in [4.78, 5) is 4.21. The van der Waals surface area contributed by atoms with Crippen molar-refractivity contribution in [1.29, 1.82) is 0 Å². The first-order valence-corrected chi connectivity index (χ1v) is 5.47. The second-order valence-electron chi connectivity index (χ2n) is 3.73. The molecule has 2 aromatic heterocycles. The standard InChI is InChI=1S/C13H11N3O2/c1-17-10-4-2-9(3-5-10)12-8-14-13(18-12)11-6-7-15-16-11/h2-8H,1H3,(H,15,16). The summed E-state index contributed by atoms with van der Waals surface area (Å²) in [6.07, 6.45) is 3.35. The Morgan fingerprint density at radius 2 is 2.00 bits per heavy atom. The SMILES string of the molecule is COc1ccc(-c2cnc(-c3ccn[nH]3)o2)cc1. The monoisotopic (exact) mass is 241 g/mol. The van der Waals surface area contributed by atoms with Crippen LogP contribution in [0.15, 0.2) is 47.1 Å². The van der Waals surface area contributed by atoms with Crippen LogP contribution in [0.4, 0.5) is 0 Å². The summed E-state index contributed by atoms with van der Waals surface area (Å²) in [5.41, 5.74) is 1.71. The molecule has 0 saturated carbocycles. The summed E-state index contributed by atoms with van der Waals surface area (Å²) in [6, 6.07) is 9.43. The van der Waals surface area contributed by atoms with Gasteiger partial charge in [-0.25, -0.2) is 4.98 Å². The molecule has 0 bridgehead atoms. The first-order chi connectivity index (χ1) is 8.86. The first kappa shape index (κ1) is 10.6. The van der Waals surface area contributed by atoms with Crippen molar-refractivity contribution in [2.24, 2.45) is 0 Å². The van der Waals surface area contributed by atoms with Crippen molar-refractivity contribution < 1.29 is 9.15 Å². The fourth-order valence-electron chi connectivity index (χ4n) is 1.66. The van der Waals surface area contributed by atoms with Gasteiger partial charge in [-0.2, -0.15) is 5.10 Å². The second-order valence-corrected chi connectivity index (χ2v) is 3.73. The molecule has 0 amide bonds. The first-order valence-electron chi connectivity index (χ1n) is 5.47. The van der Waals surface area contributed by atoms with Crippen LogP contribution in [0.5, 0.6) is 5.75 Å². The minimum Gasteiger partial charge on any atom is -0.497 e. The molecule has 0 radical (unpaired) electrons. The van der Waals surface area contributed by atoms with Crippen LogP contribution in [0.3, 0.4) is 0 Å². The third-order valence-electron chi connectivity index (χ3n) is 2.61. The highest BCUT2D eigenvalue weighted by Crippen LogP contribution is 2.26. The molecule has 0 aliphatic rings. The zero-order valence-electron chi connectivity index (χ0n) is 9.75. The molecule has 5 nitrogen and oxygen atoms in total. The third-order valence-corrected chi connectivity index (χ3v) is 2.61. The number of ether oxygens (including phenoxy) is 1. The van der Waals surface area contributed by atoms with E-state index in [9.17, 15) is 0 Å². The molecule has 3 aromatic rings. The lowest BCUT2D eigenvalue weighted by Gasteiger charge is -1.99. The van der Waals surface area contributed by atoms with Gasteiger partial charge in [-0.1, -0.05) is 0 Å². The van der Waals surface area contributed by atoms with E-state index in [1.54, 1.807) is 19.5 Å². The lowest BCUT2D eigenvalue weighted by Crippen LogP contribution is -1.81. The summed E-state index contributed by atoms with van der Waals surface area (Å²) in [6.45, 7) is 0. The number of methoxy groups -OCH3 is 1. The van der Waals surface area contributed by atoms with E-state index in [0.717, 1.165) is 17.0 Å². The zero-order chi connectivity index (χ0) is 12.4. The molecule has 0 unspecified atom stereocenters. The van der Waals surface area contributed by atoms with Crippen LogP contribution in [0.25, 0.3) is 22.9 Å². The number of nitrogens with one attached hydrogen (secondary N) is 1. The Kier molecular flexibility index (Phi) is 2.57. The van der Waals surface area contributed by atoms with E-state index in [1.165, 1.54) is 0 Å². The molecule has 0 fully saturated rings. The van der Waals surface area contributed by atoms with Gasteiger partial charge in [0, 0.05) is 11.8 Å². The van der Waals surface area contributed by atoms with Crippen molar-refractivity contribution in [3.05, 3.63) is 42.7 Å². The zero-order valence-corrected chi connectivity index (χ0v) is 9.75. The Balaban J connectivity index is 1.92. The summed E-state index contributed by atoms with van der Waals surface area (Å²) < 4.78 is 10.8. The Bertz CT molecular complexity index is 627. The van der Waals surface area contributed by atoms with Crippen molar-refractivity contribution in [2.45, 2.75) is 0 Å². The molecule has 0 aliphatic heterocycles. The number of rotatable bonds is 3. The minimum absolute atomic E-state index is 0.526. The Labute approximate surface area is 103 Å². The maximum Gasteiger partial charge on any atom is 0.245 e. The largest absolute Gasteiger partial charge is 0.497 e. The molecule has 0 saturated heterocycles. The van der Waals surface area contributed by atoms with Crippen molar-refractivity contribution in [2.75, 3.05) is 7.11 Å². The average Bonchev–Trinajstić information content (AvgIpc) is 3.09. The van der Waals surface area contributed by atoms with E-state index < -0.39 is 0 Å². The van der Waals surface area contributed by atoms with Gasteiger partial charge < -0.3 is 9.15 Å². The smallest absolute Gasteiger partial charge is 0.245 e. The Morgan fingerprint density at radius 1 is 1.17 bits per heavy atom. The van der Waals surface area contributed by atoms with Crippen molar-refractivity contribution in [3.63, 3.8) is 0 Å². The van der Waals surface area contributed by atoms with Crippen molar-refractivity contribution in [3.8, 4) is 28.7 Å². The molecule has 3 rings (SSSR count). The van der Waals surface area contributed by atoms with E-state index in [4.69, 9.17) is 9.15 Å². The van der Waals surface area contributed by atoms with Gasteiger partial charge in [-0.3, -0.25) is 5.10 Å². The lowest BCUT2D eigenvalue weighted by atomic mass is 10.2. The number of nitrogens with zero attached hydrogens (tertiary/aromatic N) is 2. The molecular weight excluding hydrogens is 230 g/mol. The normalized spacial score (nSPS) is 10.5. The van der Waals surface area contributed by atoms with Crippen LogP contribution < -0.4 is 4.74 Å². The number of oxazole rings is 1. The van der Waals surface area contributed by atoms with Crippen LogP contribution in [-0.2, 0) is 0 Å². The highest BCUT2D eigenvalue weighted by Gasteiger charge is 2.09. The lowest BCUT2D eigenvalue weighted by molar-refractivity contribution is 0.415. The van der Waals surface area contributed by atoms with Gasteiger partial charge >= 0.3 is 0 Å². The minimum atomic E-state index is 0.526. The molecular formula is C13H11N3O2. The topological polar surface area (TPSA) is 63.9 Å². The van der Waals surface area contributed by atoms with Gasteiger partial charge in [0.25, 0.3) is 0 Å². The van der Waals surface area contributed by atoms with E-state index in [2.05, 4.69) is 15.2 Å². The van der Waals surface area contributed by atoms with Crippen molar-refractivity contribution in [1.82, 2.24) is 15.2 Å². The summed E-state index contributed by atoms with van der Waals surface area (Å²) in [7, 11) is 1.64. The van der Waals surface area contributed by atoms with Crippen LogP contribution in [-0.4, -0.2) is 22.3 Å². The van der Waals surface area contributed by atoms with Gasteiger partial charge in [0.1, 0.15) is 11.4 Å². The van der Waals surface area contributed by atoms with Gasteiger partial charge in [-0.15, -0.1) is 0 Å². The van der Waals surface area contributed by atoms with Gasteiger partial charge in [0.2, 0.25) is 5.89 Å². The summed E-state index contributed by atoms with van der Waals surface area (Å²) in [5, 5.41) is 6.67. The molecule has 18 heavy (non-hydrogen) atoms. The van der Waals surface area contributed by atoms with Gasteiger partial charge in [0.05, 0.1) is 13.3 Å². The quantitative estimate of drug-likeness (QED) is 0.765. The van der Waals surface area contributed by atoms with Crippen LogP contribution in [0.2, 0.25) is 0 Å². The maximum absolute atomic E-state index is 5.66. The summed E-state index contributed by atoms with van der Waals surface area (Å²) >= 11 is 0. The predicted molar refractivity (Wildman–Crippen MR) is 66.1 cm³/mol. The van der Waals surface area contributed by atoms with E-state index in [-0.39, 0.29) is 0 Å². The fourth-order valence-corrected chi connectivity index (χ4v) is 1.66. The van der Waals surface area contributed by atoms with Crippen molar-refractivity contribution >= 4 is 0 Å². The van der Waals surface area contributed by atoms with Gasteiger partial charge in [-0.05, 0) is 30.3 Å². The van der Waals surface area contributed by atoms with E-state index in [1.807, 2.05) is 30.3 Å². The highest BCUT2D eigenvalue weighted by atomic mass is 16.5. The van der Waals surface area contributed by atoms with E-state index >= 15 is 0 Å². The molecule has 0 spiro atoms. The van der Waals surface area contributed by atoms with Crippen LogP contribution in [0, 0.1) is 0 Å². The summed E-state index contributed by atoms with van der Waals surface area (Å²) in [5.74, 6) is 2.05. The Hall–Kier alpha value is -2.56. The fraction of sp³-hybridized carbons (Fsp3) is 0.0769. The maximum atomic E-state index is 5.66. The molecule has 1 aromatic carbocycles. The molecule has 90 valence electrons. The highest BCUT2D eigenvalue weighted by molar-refractivity contribution is 5.60. The Morgan fingerprint density at radius 3 is 2.67 bits per heavy atom. The second kappa shape index (κ2) is 4.37. The van der Waals surface area contributed by atoms with Gasteiger partial charge in [0.15, 0.2) is 5.76 Å². The number of H-pyrrole nitrogens is 1. The molecule has 5 heteroatoms. The molecule has 2 heterocycles. The number of benzene rings is 1. The number of aromatic amines is 1. The number of hydrogen-bond acceptors (Lipinski definition) is 4. The number of aromatic nitrogens is 3. The predicted octanol–water partition coefficient (Wildman–Crippen LogP) is 2.74. The molecule has 1 N–H and O–H groups in total. The molecule has 0 atom stereocenters.